The van der Waals surface area contributed by atoms with E-state index in [2.05, 4.69) is 25.7 Å². The lowest BCUT2D eigenvalue weighted by Gasteiger charge is -2.31. The van der Waals surface area contributed by atoms with Gasteiger partial charge in [-0.05, 0) is 72.1 Å². The van der Waals surface area contributed by atoms with Crippen molar-refractivity contribution in [3.8, 4) is 11.4 Å². The van der Waals surface area contributed by atoms with Gasteiger partial charge in [0.15, 0.2) is 0 Å². The summed E-state index contributed by atoms with van der Waals surface area (Å²) in [5.74, 6) is 0.312. The van der Waals surface area contributed by atoms with Crippen LogP contribution in [0.5, 0.6) is 0 Å². The number of pyridine rings is 1. The molecule has 1 N–H and O–H groups in total. The molecular weight excluding hydrogens is 494 g/mol. The topological polar surface area (TPSA) is 119 Å². The predicted molar refractivity (Wildman–Crippen MR) is 135 cm³/mol. The molecule has 11 heteroatoms. The van der Waals surface area contributed by atoms with E-state index in [1.807, 2.05) is 0 Å². The molecule has 1 aliphatic rings. The van der Waals surface area contributed by atoms with Crippen LogP contribution in [-0.4, -0.2) is 47.9 Å². The number of tetrazole rings is 1. The molecule has 5 rings (SSSR count). The Hall–Kier alpha value is -4.05. The van der Waals surface area contributed by atoms with Crippen molar-refractivity contribution in [1.29, 1.82) is 0 Å². The number of amides is 2. The van der Waals surface area contributed by atoms with Crippen LogP contribution in [0.4, 0.5) is 0 Å². The van der Waals surface area contributed by atoms with Crippen LogP contribution in [0, 0.1) is 0 Å². The van der Waals surface area contributed by atoms with Gasteiger partial charge in [0.25, 0.3) is 0 Å². The molecule has 1 aromatic carbocycles. The lowest BCUT2D eigenvalue weighted by molar-refractivity contribution is -0.143. The summed E-state index contributed by atoms with van der Waals surface area (Å²) in [5.41, 5.74) is 1.37. The van der Waals surface area contributed by atoms with Crippen LogP contribution in [0.1, 0.15) is 43.0 Å². The van der Waals surface area contributed by atoms with Gasteiger partial charge >= 0.3 is 0 Å². The van der Waals surface area contributed by atoms with Crippen molar-refractivity contribution >= 4 is 23.4 Å². The molecule has 0 unspecified atom stereocenters. The van der Waals surface area contributed by atoms with Crippen molar-refractivity contribution in [2.45, 2.75) is 50.9 Å². The summed E-state index contributed by atoms with van der Waals surface area (Å²) >= 11 is 5.97. The normalized spacial score (nSPS) is 14.4. The molecule has 0 radical (unpaired) electrons. The Morgan fingerprint density at radius 3 is 2.57 bits per heavy atom. The maximum atomic E-state index is 13.7. The predicted octanol–water partition coefficient (Wildman–Crippen LogP) is 3.81. The number of benzene rings is 1. The fraction of sp³-hybridized carbons (Fsp3) is 0.308. The number of aromatic nitrogens is 5. The second kappa shape index (κ2) is 11.3. The van der Waals surface area contributed by atoms with Crippen molar-refractivity contribution in [2.24, 2.45) is 0 Å². The minimum atomic E-state index is -0.888. The highest BCUT2D eigenvalue weighted by molar-refractivity contribution is 6.30. The SMILES string of the molecule is O=C(NC1CCCC1)[C@H](c1ccncc1)N(Cc1ccco1)C(=O)Cn1nnc(-c2ccc(Cl)cc2)n1. The Morgan fingerprint density at radius 2 is 1.86 bits per heavy atom. The fourth-order valence-corrected chi connectivity index (χ4v) is 4.63. The zero-order valence-corrected chi connectivity index (χ0v) is 20.8. The monoisotopic (exact) mass is 519 g/mol. The van der Waals surface area contributed by atoms with E-state index >= 15 is 0 Å². The van der Waals surface area contributed by atoms with Gasteiger partial charge < -0.3 is 14.6 Å². The molecule has 10 nitrogen and oxygen atoms in total. The number of carbonyl (C=O) groups is 2. The number of carbonyl (C=O) groups excluding carboxylic acids is 2. The molecule has 0 spiro atoms. The van der Waals surface area contributed by atoms with E-state index < -0.39 is 6.04 Å². The van der Waals surface area contributed by atoms with E-state index in [-0.39, 0.29) is 30.9 Å². The lowest BCUT2D eigenvalue weighted by Crippen LogP contribution is -2.46. The van der Waals surface area contributed by atoms with Gasteiger partial charge in [0, 0.05) is 29.0 Å². The molecular formula is C26H26ClN7O3. The third-order valence-corrected chi connectivity index (χ3v) is 6.59. The summed E-state index contributed by atoms with van der Waals surface area (Å²) in [6.07, 6.45) is 8.77. The van der Waals surface area contributed by atoms with E-state index in [1.54, 1.807) is 60.9 Å². The number of furan rings is 1. The molecule has 3 aromatic heterocycles. The molecule has 0 aliphatic heterocycles. The number of hydrogen-bond acceptors (Lipinski definition) is 7. The van der Waals surface area contributed by atoms with Crippen LogP contribution in [0.15, 0.2) is 71.6 Å². The smallest absolute Gasteiger partial charge is 0.247 e. The summed E-state index contributed by atoms with van der Waals surface area (Å²) in [7, 11) is 0. The van der Waals surface area contributed by atoms with Gasteiger partial charge in [-0.1, -0.05) is 24.4 Å². The Labute approximate surface area is 218 Å². The van der Waals surface area contributed by atoms with Crippen LogP contribution in [-0.2, 0) is 22.7 Å². The summed E-state index contributed by atoms with van der Waals surface area (Å²) < 4.78 is 5.54. The second-order valence-electron chi connectivity index (χ2n) is 8.92. The Bertz CT molecular complexity index is 1320. The molecule has 190 valence electrons. The summed E-state index contributed by atoms with van der Waals surface area (Å²) in [4.78, 5) is 34.1. The quantitative estimate of drug-likeness (QED) is 0.357. The lowest BCUT2D eigenvalue weighted by atomic mass is 10.0. The average molecular weight is 520 g/mol. The summed E-state index contributed by atoms with van der Waals surface area (Å²) in [6, 6.07) is 13.2. The standard InChI is InChI=1S/C26H26ClN7O3/c27-20-9-7-19(8-10-20)25-30-32-34(31-25)17-23(35)33(16-22-6-3-15-37-22)24(18-11-13-28-14-12-18)26(36)29-21-4-1-2-5-21/h3,6-15,21,24H,1-2,4-5,16-17H2,(H,29,36)/t24-/m0/s1. The number of halogens is 1. The maximum Gasteiger partial charge on any atom is 0.247 e. The Kier molecular flexibility index (Phi) is 7.55. The van der Waals surface area contributed by atoms with Crippen molar-refractivity contribution in [1.82, 2.24) is 35.4 Å². The largest absolute Gasteiger partial charge is 0.467 e. The summed E-state index contributed by atoms with van der Waals surface area (Å²) in [5, 5.41) is 16.2. The van der Waals surface area contributed by atoms with Crippen molar-refractivity contribution in [3.63, 3.8) is 0 Å². The van der Waals surface area contributed by atoms with Gasteiger partial charge in [0.1, 0.15) is 18.3 Å². The van der Waals surface area contributed by atoms with Crippen LogP contribution >= 0.6 is 11.6 Å². The van der Waals surface area contributed by atoms with Crippen LogP contribution in [0.25, 0.3) is 11.4 Å². The third kappa shape index (κ3) is 6.03. The molecule has 2 amide bonds. The Morgan fingerprint density at radius 1 is 1.11 bits per heavy atom. The van der Waals surface area contributed by atoms with E-state index in [1.165, 1.54) is 16.0 Å². The van der Waals surface area contributed by atoms with Crippen LogP contribution in [0.3, 0.4) is 0 Å². The van der Waals surface area contributed by atoms with Gasteiger partial charge in [-0.3, -0.25) is 14.6 Å². The van der Waals surface area contributed by atoms with E-state index in [0.717, 1.165) is 31.2 Å². The first-order valence-electron chi connectivity index (χ1n) is 12.1. The number of rotatable bonds is 9. The first kappa shape index (κ1) is 24.6. The molecule has 0 saturated heterocycles. The number of hydrogen-bond donors (Lipinski definition) is 1. The van der Waals surface area contributed by atoms with Crippen LogP contribution in [0.2, 0.25) is 5.02 Å². The average Bonchev–Trinajstić information content (AvgIpc) is 3.69. The number of nitrogens with one attached hydrogen (secondary N) is 1. The maximum absolute atomic E-state index is 13.7. The summed E-state index contributed by atoms with van der Waals surface area (Å²) in [6.45, 7) is -0.116. The van der Waals surface area contributed by atoms with Gasteiger partial charge in [-0.15, -0.1) is 10.2 Å². The zero-order chi connectivity index (χ0) is 25.6. The fourth-order valence-electron chi connectivity index (χ4n) is 4.50. The van der Waals surface area contributed by atoms with E-state index in [0.29, 0.717) is 22.2 Å². The minimum Gasteiger partial charge on any atom is -0.467 e. The minimum absolute atomic E-state index is 0.0929. The van der Waals surface area contributed by atoms with Gasteiger partial charge in [0.05, 0.1) is 12.8 Å². The highest BCUT2D eigenvalue weighted by atomic mass is 35.5. The van der Waals surface area contributed by atoms with Crippen molar-refractivity contribution < 1.29 is 14.0 Å². The second-order valence-corrected chi connectivity index (χ2v) is 9.36. The van der Waals surface area contributed by atoms with Crippen molar-refractivity contribution in [3.05, 3.63) is 83.5 Å². The van der Waals surface area contributed by atoms with Gasteiger partial charge in [-0.2, -0.15) is 4.80 Å². The molecule has 1 atom stereocenters. The molecule has 37 heavy (non-hydrogen) atoms. The van der Waals surface area contributed by atoms with Crippen LogP contribution < -0.4 is 5.32 Å². The molecule has 1 aliphatic carbocycles. The number of nitrogens with zero attached hydrogens (tertiary/aromatic N) is 6. The Balaban J connectivity index is 1.43. The third-order valence-electron chi connectivity index (χ3n) is 6.34. The molecule has 3 heterocycles. The molecule has 4 aromatic rings. The van der Waals surface area contributed by atoms with Gasteiger partial charge in [-0.25, -0.2) is 0 Å². The molecule has 1 saturated carbocycles. The zero-order valence-electron chi connectivity index (χ0n) is 20.0. The van der Waals surface area contributed by atoms with E-state index in [4.69, 9.17) is 16.0 Å². The van der Waals surface area contributed by atoms with Crippen molar-refractivity contribution in [2.75, 3.05) is 0 Å². The van der Waals surface area contributed by atoms with E-state index in [9.17, 15) is 9.59 Å². The van der Waals surface area contributed by atoms with Gasteiger partial charge in [0.2, 0.25) is 17.6 Å². The molecule has 0 bridgehead atoms. The highest BCUT2D eigenvalue weighted by Gasteiger charge is 2.34. The first-order chi connectivity index (χ1) is 18.1. The highest BCUT2D eigenvalue weighted by Crippen LogP contribution is 2.26. The first-order valence-corrected chi connectivity index (χ1v) is 12.5. The molecule has 1 fully saturated rings.